The Morgan fingerprint density at radius 1 is 1.22 bits per heavy atom. The molecule has 2 amide bonds. The molecule has 1 N–H and O–H groups in total. The predicted octanol–water partition coefficient (Wildman–Crippen LogP) is 3.04. The molecule has 2 rings (SSSR count). The summed E-state index contributed by atoms with van der Waals surface area (Å²) in [6.45, 7) is 2.23. The first-order valence-corrected chi connectivity index (χ1v) is 7.11. The van der Waals surface area contributed by atoms with Crippen molar-refractivity contribution in [2.24, 2.45) is 5.92 Å². The molecule has 1 heterocycles. The topological polar surface area (TPSA) is 49.4 Å². The number of halogens is 4. The molecule has 1 aliphatic rings. The maximum absolute atomic E-state index is 13.6. The molecule has 0 spiro atoms. The molecule has 1 fully saturated rings. The molecule has 0 atom stereocenters. The Morgan fingerprint density at radius 3 is 2.35 bits per heavy atom. The minimum Gasteiger partial charge on any atom is -0.343 e. The van der Waals surface area contributed by atoms with Crippen LogP contribution in [0.1, 0.15) is 25.3 Å². The van der Waals surface area contributed by atoms with Gasteiger partial charge in [-0.15, -0.1) is 0 Å². The summed E-state index contributed by atoms with van der Waals surface area (Å²) in [6, 6.07) is 1.88. The highest BCUT2D eigenvalue weighted by atomic mass is 19.4. The van der Waals surface area contributed by atoms with Crippen LogP contribution in [0.3, 0.4) is 0 Å². The second-order valence-corrected chi connectivity index (χ2v) is 5.46. The average molecular weight is 332 g/mol. The van der Waals surface area contributed by atoms with Gasteiger partial charge in [0.05, 0.1) is 11.3 Å². The molecule has 1 aromatic carbocycles. The third-order valence-corrected chi connectivity index (χ3v) is 3.86. The number of nitrogens with one attached hydrogen (secondary N) is 1. The van der Waals surface area contributed by atoms with Crippen LogP contribution in [-0.2, 0) is 15.8 Å². The number of amides is 2. The van der Waals surface area contributed by atoms with E-state index in [9.17, 15) is 27.2 Å². The van der Waals surface area contributed by atoms with Crippen molar-refractivity contribution < 1.29 is 27.2 Å². The third kappa shape index (κ3) is 4.20. The second-order valence-electron chi connectivity index (χ2n) is 5.46. The number of piperidine rings is 1. The molecule has 0 aliphatic carbocycles. The molecule has 1 saturated heterocycles. The van der Waals surface area contributed by atoms with Gasteiger partial charge >= 0.3 is 6.18 Å². The van der Waals surface area contributed by atoms with Crippen molar-refractivity contribution in [2.75, 3.05) is 18.4 Å². The van der Waals surface area contributed by atoms with Crippen molar-refractivity contribution in [3.8, 4) is 0 Å². The Morgan fingerprint density at radius 2 is 1.83 bits per heavy atom. The largest absolute Gasteiger partial charge is 0.416 e. The van der Waals surface area contributed by atoms with Crippen LogP contribution >= 0.6 is 0 Å². The van der Waals surface area contributed by atoms with E-state index >= 15 is 0 Å². The van der Waals surface area contributed by atoms with Gasteiger partial charge in [-0.05, 0) is 31.0 Å². The lowest BCUT2D eigenvalue weighted by molar-refractivity contribution is -0.137. The lowest BCUT2D eigenvalue weighted by Crippen LogP contribution is -2.40. The van der Waals surface area contributed by atoms with E-state index in [2.05, 4.69) is 5.32 Å². The zero-order chi connectivity index (χ0) is 17.2. The van der Waals surface area contributed by atoms with Crippen molar-refractivity contribution in [2.45, 2.75) is 25.9 Å². The number of rotatable bonds is 2. The fourth-order valence-electron chi connectivity index (χ4n) is 2.49. The standard InChI is InChI=1S/C15H16F4N2O2/c1-9(22)21-6-4-10(5-7-21)14(23)20-13-8-11(15(17,18)19)2-3-12(13)16/h2-3,8,10H,4-7H2,1H3,(H,20,23). The lowest BCUT2D eigenvalue weighted by Gasteiger charge is -2.30. The SMILES string of the molecule is CC(=O)N1CCC(C(=O)Nc2cc(C(F)(F)F)ccc2F)CC1. The number of carbonyl (C=O) groups excluding carboxylic acids is 2. The summed E-state index contributed by atoms with van der Waals surface area (Å²) in [4.78, 5) is 24.9. The van der Waals surface area contributed by atoms with Crippen molar-refractivity contribution in [3.05, 3.63) is 29.6 Å². The number of hydrogen-bond donors (Lipinski definition) is 1. The second kappa shape index (κ2) is 6.55. The average Bonchev–Trinajstić information content (AvgIpc) is 2.48. The van der Waals surface area contributed by atoms with Crippen LogP contribution in [0.5, 0.6) is 0 Å². The van der Waals surface area contributed by atoms with Gasteiger partial charge in [0.25, 0.3) is 0 Å². The van der Waals surface area contributed by atoms with E-state index in [0.717, 1.165) is 0 Å². The molecule has 23 heavy (non-hydrogen) atoms. The fraction of sp³-hybridized carbons (Fsp3) is 0.467. The number of alkyl halides is 3. The number of carbonyl (C=O) groups is 2. The molecule has 0 aromatic heterocycles. The van der Waals surface area contributed by atoms with E-state index in [1.54, 1.807) is 4.90 Å². The Kier molecular flexibility index (Phi) is 4.91. The van der Waals surface area contributed by atoms with Gasteiger partial charge in [0.2, 0.25) is 11.8 Å². The van der Waals surface area contributed by atoms with E-state index in [-0.39, 0.29) is 5.91 Å². The van der Waals surface area contributed by atoms with E-state index < -0.39 is 35.1 Å². The Labute approximate surface area is 130 Å². The van der Waals surface area contributed by atoms with Crippen LogP contribution in [0, 0.1) is 11.7 Å². The van der Waals surface area contributed by atoms with Gasteiger partial charge in [-0.2, -0.15) is 13.2 Å². The Hall–Kier alpha value is -2.12. The first-order chi connectivity index (χ1) is 10.7. The summed E-state index contributed by atoms with van der Waals surface area (Å²) in [5, 5.41) is 2.22. The van der Waals surface area contributed by atoms with E-state index in [1.165, 1.54) is 6.92 Å². The summed E-state index contributed by atoms with van der Waals surface area (Å²) < 4.78 is 51.5. The molecule has 126 valence electrons. The predicted molar refractivity (Wildman–Crippen MR) is 75.0 cm³/mol. The van der Waals surface area contributed by atoms with Gasteiger partial charge in [0.15, 0.2) is 0 Å². The lowest BCUT2D eigenvalue weighted by atomic mass is 9.95. The number of benzene rings is 1. The maximum Gasteiger partial charge on any atom is 0.416 e. The number of hydrogen-bond acceptors (Lipinski definition) is 2. The van der Waals surface area contributed by atoms with Gasteiger partial charge in [-0.25, -0.2) is 4.39 Å². The molecular formula is C15H16F4N2O2. The van der Waals surface area contributed by atoms with E-state index in [0.29, 0.717) is 44.1 Å². The van der Waals surface area contributed by atoms with Crippen molar-refractivity contribution in [1.82, 2.24) is 4.90 Å². The summed E-state index contributed by atoms with van der Waals surface area (Å²) in [5.74, 6) is -2.01. The van der Waals surface area contributed by atoms with Gasteiger partial charge < -0.3 is 10.2 Å². The van der Waals surface area contributed by atoms with Gasteiger partial charge in [-0.1, -0.05) is 0 Å². The monoisotopic (exact) mass is 332 g/mol. The molecule has 0 radical (unpaired) electrons. The zero-order valence-electron chi connectivity index (χ0n) is 12.4. The third-order valence-electron chi connectivity index (χ3n) is 3.86. The molecule has 0 unspecified atom stereocenters. The van der Waals surface area contributed by atoms with Gasteiger partial charge in [0.1, 0.15) is 5.82 Å². The van der Waals surface area contributed by atoms with Gasteiger partial charge in [0, 0.05) is 25.9 Å². The summed E-state index contributed by atoms with van der Waals surface area (Å²) in [6.07, 6.45) is -3.82. The molecule has 1 aliphatic heterocycles. The molecule has 0 bridgehead atoms. The summed E-state index contributed by atoms with van der Waals surface area (Å²) in [5.41, 5.74) is -1.51. The van der Waals surface area contributed by atoms with Crippen molar-refractivity contribution in [1.29, 1.82) is 0 Å². The first-order valence-electron chi connectivity index (χ1n) is 7.11. The first kappa shape index (κ1) is 17.2. The number of nitrogens with zero attached hydrogens (tertiary/aromatic N) is 1. The number of anilines is 1. The molecular weight excluding hydrogens is 316 g/mol. The van der Waals surface area contributed by atoms with Crippen LogP contribution in [0.2, 0.25) is 0 Å². The van der Waals surface area contributed by atoms with E-state index in [1.807, 2.05) is 0 Å². The van der Waals surface area contributed by atoms with Crippen molar-refractivity contribution in [3.63, 3.8) is 0 Å². The highest BCUT2D eigenvalue weighted by Gasteiger charge is 2.32. The molecule has 1 aromatic rings. The van der Waals surface area contributed by atoms with Crippen LogP contribution in [0.4, 0.5) is 23.2 Å². The van der Waals surface area contributed by atoms with Crippen molar-refractivity contribution >= 4 is 17.5 Å². The zero-order valence-corrected chi connectivity index (χ0v) is 12.4. The molecule has 8 heteroatoms. The minimum atomic E-state index is -4.61. The Bertz CT molecular complexity index is 608. The quantitative estimate of drug-likeness (QED) is 0.847. The maximum atomic E-state index is 13.6. The molecule has 4 nitrogen and oxygen atoms in total. The van der Waals surface area contributed by atoms with Crippen LogP contribution in [-0.4, -0.2) is 29.8 Å². The Balaban J connectivity index is 2.05. The van der Waals surface area contributed by atoms with Crippen LogP contribution in [0.15, 0.2) is 18.2 Å². The van der Waals surface area contributed by atoms with Gasteiger partial charge in [-0.3, -0.25) is 9.59 Å². The normalized spacial score (nSPS) is 16.3. The van der Waals surface area contributed by atoms with E-state index in [4.69, 9.17) is 0 Å². The summed E-state index contributed by atoms with van der Waals surface area (Å²) in [7, 11) is 0. The number of likely N-dealkylation sites (tertiary alicyclic amines) is 1. The van der Waals surface area contributed by atoms with Crippen LogP contribution in [0.25, 0.3) is 0 Å². The fourth-order valence-corrected chi connectivity index (χ4v) is 2.49. The summed E-state index contributed by atoms with van der Waals surface area (Å²) >= 11 is 0. The highest BCUT2D eigenvalue weighted by molar-refractivity contribution is 5.93. The minimum absolute atomic E-state index is 0.0900. The highest BCUT2D eigenvalue weighted by Crippen LogP contribution is 2.32. The smallest absolute Gasteiger partial charge is 0.343 e. The van der Waals surface area contributed by atoms with Crippen LogP contribution < -0.4 is 5.32 Å². The molecule has 0 saturated carbocycles.